The van der Waals surface area contributed by atoms with E-state index < -0.39 is 6.10 Å². The fourth-order valence-electron chi connectivity index (χ4n) is 2.46. The first-order chi connectivity index (χ1) is 12.5. The third kappa shape index (κ3) is 4.59. The second-order valence-electron chi connectivity index (χ2n) is 5.66. The molecule has 0 aliphatic carbocycles. The number of carbonyl (C=O) groups is 1. The molecule has 0 spiro atoms. The smallest absolute Gasteiger partial charge is 0.265 e. The van der Waals surface area contributed by atoms with E-state index in [0.29, 0.717) is 28.7 Å². The minimum Gasteiger partial charge on any atom is -0.493 e. The number of methoxy groups -OCH3 is 3. The largest absolute Gasteiger partial charge is 0.493 e. The lowest BCUT2D eigenvalue weighted by Gasteiger charge is -2.17. The summed E-state index contributed by atoms with van der Waals surface area (Å²) >= 11 is 0. The summed E-state index contributed by atoms with van der Waals surface area (Å²) in [5, 5.41) is 2.81. The van der Waals surface area contributed by atoms with E-state index in [2.05, 4.69) is 12.2 Å². The highest BCUT2D eigenvalue weighted by Gasteiger charge is 2.18. The molecule has 1 amide bonds. The van der Waals surface area contributed by atoms with Crippen molar-refractivity contribution in [2.45, 2.75) is 26.4 Å². The monoisotopic (exact) mass is 359 g/mol. The predicted molar refractivity (Wildman–Crippen MR) is 101 cm³/mol. The van der Waals surface area contributed by atoms with Gasteiger partial charge >= 0.3 is 0 Å². The van der Waals surface area contributed by atoms with Gasteiger partial charge in [-0.1, -0.05) is 19.1 Å². The zero-order valence-corrected chi connectivity index (χ0v) is 15.8. The molecule has 0 bridgehead atoms. The van der Waals surface area contributed by atoms with Crippen molar-refractivity contribution in [1.82, 2.24) is 0 Å². The molecule has 0 aromatic heterocycles. The van der Waals surface area contributed by atoms with Crippen molar-refractivity contribution < 1.29 is 23.7 Å². The van der Waals surface area contributed by atoms with Crippen molar-refractivity contribution in [2.24, 2.45) is 0 Å². The fraction of sp³-hybridized carbons (Fsp3) is 0.350. The van der Waals surface area contributed by atoms with Gasteiger partial charge in [0.15, 0.2) is 17.6 Å². The van der Waals surface area contributed by atoms with E-state index in [1.54, 1.807) is 19.1 Å². The summed E-state index contributed by atoms with van der Waals surface area (Å²) in [4.78, 5) is 12.4. The molecule has 0 aliphatic heterocycles. The number of amides is 1. The first-order valence-electron chi connectivity index (χ1n) is 8.38. The van der Waals surface area contributed by atoms with Gasteiger partial charge in [-0.25, -0.2) is 0 Å². The van der Waals surface area contributed by atoms with Crippen LogP contribution in [0, 0.1) is 0 Å². The molecule has 1 N–H and O–H groups in total. The molecule has 0 aliphatic rings. The van der Waals surface area contributed by atoms with Crippen molar-refractivity contribution in [3.05, 3.63) is 42.0 Å². The van der Waals surface area contributed by atoms with Crippen LogP contribution in [0.3, 0.4) is 0 Å². The van der Waals surface area contributed by atoms with Crippen LogP contribution in [0.25, 0.3) is 0 Å². The number of nitrogens with one attached hydrogen (secondary N) is 1. The molecule has 0 saturated heterocycles. The number of aryl methyl sites for hydroxylation is 1. The van der Waals surface area contributed by atoms with Gasteiger partial charge in [0.05, 0.1) is 21.3 Å². The second kappa shape index (κ2) is 8.99. The molecule has 0 fully saturated rings. The Labute approximate surface area is 154 Å². The normalized spacial score (nSPS) is 11.4. The van der Waals surface area contributed by atoms with Crippen LogP contribution >= 0.6 is 0 Å². The van der Waals surface area contributed by atoms with Gasteiger partial charge in [0.2, 0.25) is 5.75 Å². The van der Waals surface area contributed by atoms with Crippen molar-refractivity contribution >= 4 is 11.6 Å². The van der Waals surface area contributed by atoms with Crippen molar-refractivity contribution in [3.63, 3.8) is 0 Å². The van der Waals surface area contributed by atoms with Gasteiger partial charge in [0.1, 0.15) is 5.75 Å². The van der Waals surface area contributed by atoms with Crippen LogP contribution in [-0.4, -0.2) is 33.3 Å². The molecule has 140 valence electrons. The van der Waals surface area contributed by atoms with Crippen molar-refractivity contribution in [3.8, 4) is 23.0 Å². The zero-order valence-electron chi connectivity index (χ0n) is 15.8. The summed E-state index contributed by atoms with van der Waals surface area (Å²) in [7, 11) is 4.57. The first kappa shape index (κ1) is 19.4. The van der Waals surface area contributed by atoms with E-state index in [4.69, 9.17) is 18.9 Å². The minimum atomic E-state index is -0.665. The van der Waals surface area contributed by atoms with Gasteiger partial charge < -0.3 is 24.3 Å². The average molecular weight is 359 g/mol. The molecule has 2 aromatic carbocycles. The Balaban J connectivity index is 2.10. The van der Waals surface area contributed by atoms with E-state index in [9.17, 15) is 4.79 Å². The molecule has 0 radical (unpaired) electrons. The molecule has 1 atom stereocenters. The Morgan fingerprint density at radius 3 is 2.04 bits per heavy atom. The van der Waals surface area contributed by atoms with Crippen LogP contribution < -0.4 is 24.3 Å². The molecule has 0 unspecified atom stereocenters. The molecule has 6 heteroatoms. The first-order valence-corrected chi connectivity index (χ1v) is 8.38. The highest BCUT2D eigenvalue weighted by Crippen LogP contribution is 2.39. The van der Waals surface area contributed by atoms with Crippen LogP contribution in [0.4, 0.5) is 5.69 Å². The molecule has 6 nitrogen and oxygen atoms in total. The minimum absolute atomic E-state index is 0.279. The lowest BCUT2D eigenvalue weighted by molar-refractivity contribution is -0.122. The zero-order chi connectivity index (χ0) is 19.1. The van der Waals surface area contributed by atoms with Gasteiger partial charge in [-0.15, -0.1) is 0 Å². The molecule has 26 heavy (non-hydrogen) atoms. The number of carbonyl (C=O) groups excluding carboxylic acids is 1. The predicted octanol–water partition coefficient (Wildman–Crippen LogP) is 3.68. The quantitative estimate of drug-likeness (QED) is 0.779. The van der Waals surface area contributed by atoms with Gasteiger partial charge in [0, 0.05) is 17.8 Å². The summed E-state index contributed by atoms with van der Waals surface area (Å²) in [5.41, 5.74) is 1.74. The third-order valence-electron chi connectivity index (χ3n) is 3.95. The third-order valence-corrected chi connectivity index (χ3v) is 3.95. The lowest BCUT2D eigenvalue weighted by Crippen LogP contribution is -2.30. The Morgan fingerprint density at radius 1 is 1.00 bits per heavy atom. The summed E-state index contributed by atoms with van der Waals surface area (Å²) in [6, 6.07) is 11.0. The van der Waals surface area contributed by atoms with Crippen LogP contribution in [0.5, 0.6) is 23.0 Å². The topological polar surface area (TPSA) is 66.0 Å². The van der Waals surface area contributed by atoms with Crippen LogP contribution in [0.2, 0.25) is 0 Å². The summed E-state index contributed by atoms with van der Waals surface area (Å²) in [5.74, 6) is 1.76. The van der Waals surface area contributed by atoms with Crippen molar-refractivity contribution in [2.75, 3.05) is 26.6 Å². The number of hydrogen-bond acceptors (Lipinski definition) is 5. The van der Waals surface area contributed by atoms with Gasteiger partial charge in [-0.3, -0.25) is 4.79 Å². The van der Waals surface area contributed by atoms with E-state index >= 15 is 0 Å². The summed E-state index contributed by atoms with van der Waals surface area (Å²) in [6.45, 7) is 3.78. The van der Waals surface area contributed by atoms with E-state index in [1.807, 2.05) is 24.3 Å². The highest BCUT2D eigenvalue weighted by molar-refractivity contribution is 5.94. The van der Waals surface area contributed by atoms with Crippen LogP contribution in [0.1, 0.15) is 19.4 Å². The highest BCUT2D eigenvalue weighted by atomic mass is 16.5. The second-order valence-corrected chi connectivity index (χ2v) is 5.66. The van der Waals surface area contributed by atoms with E-state index in [-0.39, 0.29) is 5.91 Å². The van der Waals surface area contributed by atoms with Gasteiger partial charge in [0.25, 0.3) is 5.91 Å². The number of anilines is 1. The maximum absolute atomic E-state index is 12.4. The Hall–Kier alpha value is -2.89. The Kier molecular flexibility index (Phi) is 6.72. The molecule has 0 saturated carbocycles. The summed E-state index contributed by atoms with van der Waals surface area (Å²) in [6.07, 6.45) is 0.291. The Bertz CT molecular complexity index is 717. The van der Waals surface area contributed by atoms with E-state index in [1.165, 1.54) is 26.9 Å². The molecule has 2 aromatic rings. The standard InChI is InChI=1S/C20H25NO5/c1-6-14-7-9-16(10-8-14)26-13(2)20(22)21-15-11-17(23-3)19(25-5)18(12-15)24-4/h7-13H,6H2,1-5H3,(H,21,22)/t13-/m0/s1. The number of rotatable bonds is 8. The lowest BCUT2D eigenvalue weighted by atomic mass is 10.2. The Morgan fingerprint density at radius 2 is 1.58 bits per heavy atom. The summed E-state index contributed by atoms with van der Waals surface area (Å²) < 4.78 is 21.6. The average Bonchev–Trinajstić information content (AvgIpc) is 2.67. The van der Waals surface area contributed by atoms with Gasteiger partial charge in [-0.05, 0) is 31.0 Å². The maximum atomic E-state index is 12.4. The van der Waals surface area contributed by atoms with Gasteiger partial charge in [-0.2, -0.15) is 0 Å². The SMILES string of the molecule is CCc1ccc(O[C@@H](C)C(=O)Nc2cc(OC)c(OC)c(OC)c2)cc1. The van der Waals surface area contributed by atoms with Crippen LogP contribution in [0.15, 0.2) is 36.4 Å². The number of hydrogen-bond donors (Lipinski definition) is 1. The maximum Gasteiger partial charge on any atom is 0.265 e. The van der Waals surface area contributed by atoms with E-state index in [0.717, 1.165) is 6.42 Å². The molecular weight excluding hydrogens is 334 g/mol. The number of ether oxygens (including phenoxy) is 4. The van der Waals surface area contributed by atoms with Crippen LogP contribution in [-0.2, 0) is 11.2 Å². The number of benzene rings is 2. The van der Waals surface area contributed by atoms with Crippen molar-refractivity contribution in [1.29, 1.82) is 0 Å². The molecule has 0 heterocycles. The molecular formula is C20H25NO5. The fourth-order valence-corrected chi connectivity index (χ4v) is 2.46. The molecule has 2 rings (SSSR count).